The van der Waals surface area contributed by atoms with E-state index in [1.807, 2.05) is 13.8 Å². The molecule has 0 aliphatic carbocycles. The third-order valence-corrected chi connectivity index (χ3v) is 3.54. The van der Waals surface area contributed by atoms with E-state index in [0.717, 1.165) is 4.47 Å². The zero-order chi connectivity index (χ0) is 16.0. The summed E-state index contributed by atoms with van der Waals surface area (Å²) in [5, 5.41) is 9.11. The molecule has 1 N–H and O–H groups in total. The zero-order valence-electron chi connectivity index (χ0n) is 11.8. The van der Waals surface area contributed by atoms with Crippen molar-refractivity contribution in [1.29, 1.82) is 0 Å². The van der Waals surface area contributed by atoms with E-state index in [1.54, 1.807) is 18.2 Å². The second-order valence-electron chi connectivity index (χ2n) is 4.69. The average Bonchev–Trinajstić information content (AvgIpc) is 2.37. The van der Waals surface area contributed by atoms with Crippen molar-refractivity contribution in [2.75, 3.05) is 13.2 Å². The first kappa shape index (κ1) is 17.8. The van der Waals surface area contributed by atoms with Gasteiger partial charge in [0, 0.05) is 17.1 Å². The number of carboxylic acid groups (broad SMARTS) is 1. The second-order valence-corrected chi connectivity index (χ2v) is 6.01. The molecule has 0 spiro atoms. The molecule has 0 aliphatic heterocycles. The van der Waals surface area contributed by atoms with Gasteiger partial charge in [-0.3, -0.25) is 9.59 Å². The maximum Gasteiger partial charge on any atom is 0.305 e. The maximum atomic E-state index is 12.1. The number of hydrogen-bond donors (Lipinski definition) is 1. The highest BCUT2D eigenvalue weighted by molar-refractivity contribution is 9.10. The predicted octanol–water partition coefficient (Wildman–Crippen LogP) is 3.19. The van der Waals surface area contributed by atoms with Crippen molar-refractivity contribution in [3.63, 3.8) is 0 Å². The summed E-state index contributed by atoms with van der Waals surface area (Å²) in [7, 11) is 0. The SMILES string of the molecule is CC(C)N(CCC(=O)O)C(=O)COc1ccc(Br)cc1Cl. The Bertz CT molecular complexity index is 522. The molecule has 5 nitrogen and oxygen atoms in total. The number of carbonyl (C=O) groups excluding carboxylic acids is 1. The molecule has 0 aromatic heterocycles. The highest BCUT2D eigenvalue weighted by Gasteiger charge is 2.18. The molecule has 0 heterocycles. The van der Waals surface area contributed by atoms with Crippen LogP contribution in [0, 0.1) is 0 Å². The minimum atomic E-state index is -0.940. The van der Waals surface area contributed by atoms with E-state index >= 15 is 0 Å². The fourth-order valence-electron chi connectivity index (χ4n) is 1.70. The van der Waals surface area contributed by atoms with Gasteiger partial charge in [0.05, 0.1) is 11.4 Å². The number of halogens is 2. The van der Waals surface area contributed by atoms with Crippen LogP contribution in [0.1, 0.15) is 20.3 Å². The van der Waals surface area contributed by atoms with E-state index in [9.17, 15) is 9.59 Å². The molecule has 21 heavy (non-hydrogen) atoms. The molecule has 1 aromatic rings. The van der Waals surface area contributed by atoms with Crippen LogP contribution in [0.25, 0.3) is 0 Å². The molecule has 1 aromatic carbocycles. The fourth-order valence-corrected chi connectivity index (χ4v) is 2.43. The van der Waals surface area contributed by atoms with Crippen molar-refractivity contribution < 1.29 is 19.4 Å². The van der Waals surface area contributed by atoms with Crippen LogP contribution in [0.15, 0.2) is 22.7 Å². The Hall–Kier alpha value is -1.27. The van der Waals surface area contributed by atoms with Crippen molar-refractivity contribution >= 4 is 39.4 Å². The van der Waals surface area contributed by atoms with E-state index in [2.05, 4.69) is 15.9 Å². The topological polar surface area (TPSA) is 66.8 Å². The summed E-state index contributed by atoms with van der Waals surface area (Å²) in [6.07, 6.45) is -0.0943. The lowest BCUT2D eigenvalue weighted by atomic mass is 10.2. The van der Waals surface area contributed by atoms with Gasteiger partial charge in [-0.05, 0) is 32.0 Å². The average molecular weight is 379 g/mol. The Kier molecular flexibility index (Phi) is 6.98. The first-order valence-corrected chi connectivity index (χ1v) is 7.57. The van der Waals surface area contributed by atoms with Gasteiger partial charge < -0.3 is 14.7 Å². The van der Waals surface area contributed by atoms with Crippen LogP contribution < -0.4 is 4.74 Å². The summed E-state index contributed by atoms with van der Waals surface area (Å²) in [6, 6.07) is 5.00. The molecule has 7 heteroatoms. The van der Waals surface area contributed by atoms with E-state index in [4.69, 9.17) is 21.4 Å². The van der Waals surface area contributed by atoms with Gasteiger partial charge in [0.25, 0.3) is 5.91 Å². The van der Waals surface area contributed by atoms with Gasteiger partial charge >= 0.3 is 5.97 Å². The summed E-state index contributed by atoms with van der Waals surface area (Å²) in [4.78, 5) is 24.2. The number of carbonyl (C=O) groups is 2. The van der Waals surface area contributed by atoms with E-state index in [-0.39, 0.29) is 31.5 Å². The Morgan fingerprint density at radius 2 is 2.10 bits per heavy atom. The van der Waals surface area contributed by atoms with Crippen molar-refractivity contribution in [2.45, 2.75) is 26.3 Å². The maximum absolute atomic E-state index is 12.1. The molecule has 0 saturated heterocycles. The highest BCUT2D eigenvalue weighted by Crippen LogP contribution is 2.27. The largest absolute Gasteiger partial charge is 0.482 e. The van der Waals surface area contributed by atoms with Crippen LogP contribution in [-0.4, -0.2) is 41.1 Å². The lowest BCUT2D eigenvalue weighted by Gasteiger charge is -2.26. The predicted molar refractivity (Wildman–Crippen MR) is 83.7 cm³/mol. The first-order chi connectivity index (χ1) is 9.81. The number of aliphatic carboxylic acids is 1. The number of benzene rings is 1. The minimum Gasteiger partial charge on any atom is -0.482 e. The smallest absolute Gasteiger partial charge is 0.305 e. The normalized spacial score (nSPS) is 10.5. The molecular formula is C14H17BrClNO4. The zero-order valence-corrected chi connectivity index (χ0v) is 14.1. The van der Waals surface area contributed by atoms with Crippen LogP contribution >= 0.6 is 27.5 Å². The van der Waals surface area contributed by atoms with Crippen LogP contribution in [0.2, 0.25) is 5.02 Å². The van der Waals surface area contributed by atoms with Crippen molar-refractivity contribution in [2.24, 2.45) is 0 Å². The minimum absolute atomic E-state index is 0.0943. The molecular weight excluding hydrogens is 362 g/mol. The molecule has 1 amide bonds. The number of ether oxygens (including phenoxy) is 1. The van der Waals surface area contributed by atoms with Gasteiger partial charge in [0.2, 0.25) is 0 Å². The number of carboxylic acids is 1. The Morgan fingerprint density at radius 3 is 2.62 bits per heavy atom. The molecule has 116 valence electrons. The van der Waals surface area contributed by atoms with Crippen LogP contribution in [-0.2, 0) is 9.59 Å². The molecule has 0 atom stereocenters. The van der Waals surface area contributed by atoms with Crippen molar-refractivity contribution in [3.8, 4) is 5.75 Å². The van der Waals surface area contributed by atoms with Crippen molar-refractivity contribution in [3.05, 3.63) is 27.7 Å². The van der Waals surface area contributed by atoms with E-state index in [1.165, 1.54) is 4.90 Å². The Labute approximate surface area is 137 Å². The van der Waals surface area contributed by atoms with Crippen molar-refractivity contribution in [1.82, 2.24) is 4.90 Å². The lowest BCUT2D eigenvalue weighted by Crippen LogP contribution is -2.41. The van der Waals surface area contributed by atoms with E-state index < -0.39 is 5.97 Å². The molecule has 0 saturated carbocycles. The van der Waals surface area contributed by atoms with Gasteiger partial charge in [-0.2, -0.15) is 0 Å². The van der Waals surface area contributed by atoms with E-state index in [0.29, 0.717) is 10.8 Å². The summed E-state index contributed by atoms with van der Waals surface area (Å²) < 4.78 is 6.22. The fraction of sp³-hybridized carbons (Fsp3) is 0.429. The number of hydrogen-bond acceptors (Lipinski definition) is 3. The molecule has 0 bridgehead atoms. The monoisotopic (exact) mass is 377 g/mol. The first-order valence-electron chi connectivity index (χ1n) is 6.40. The Balaban J connectivity index is 2.62. The number of rotatable bonds is 7. The van der Waals surface area contributed by atoms with Crippen LogP contribution in [0.3, 0.4) is 0 Å². The Morgan fingerprint density at radius 1 is 1.43 bits per heavy atom. The van der Waals surface area contributed by atoms with Gasteiger partial charge in [0.1, 0.15) is 5.75 Å². The molecule has 0 radical (unpaired) electrons. The molecule has 0 fully saturated rings. The summed E-state index contributed by atoms with van der Waals surface area (Å²) >= 11 is 9.28. The quantitative estimate of drug-likeness (QED) is 0.791. The summed E-state index contributed by atoms with van der Waals surface area (Å²) in [6.45, 7) is 3.63. The van der Waals surface area contributed by atoms with Gasteiger partial charge in [-0.1, -0.05) is 27.5 Å². The molecule has 0 aliphatic rings. The number of nitrogens with zero attached hydrogens (tertiary/aromatic N) is 1. The summed E-state index contributed by atoms with van der Waals surface area (Å²) in [5.74, 6) is -0.800. The second kappa shape index (κ2) is 8.24. The lowest BCUT2D eigenvalue weighted by molar-refractivity contribution is -0.139. The standard InChI is InChI=1S/C14H17BrClNO4/c1-9(2)17(6-5-14(19)20)13(18)8-21-12-4-3-10(15)7-11(12)16/h3-4,7,9H,5-6,8H2,1-2H3,(H,19,20). The summed E-state index contributed by atoms with van der Waals surface area (Å²) in [5.41, 5.74) is 0. The molecule has 0 unspecified atom stereocenters. The van der Waals surface area contributed by atoms with Crippen LogP contribution in [0.4, 0.5) is 0 Å². The highest BCUT2D eigenvalue weighted by atomic mass is 79.9. The third kappa shape index (κ3) is 5.93. The van der Waals surface area contributed by atoms with Crippen LogP contribution in [0.5, 0.6) is 5.75 Å². The van der Waals surface area contributed by atoms with Gasteiger partial charge in [0.15, 0.2) is 6.61 Å². The molecule has 1 rings (SSSR count). The number of amides is 1. The van der Waals surface area contributed by atoms with Gasteiger partial charge in [-0.25, -0.2) is 0 Å². The third-order valence-electron chi connectivity index (χ3n) is 2.76. The van der Waals surface area contributed by atoms with Gasteiger partial charge in [-0.15, -0.1) is 0 Å².